The van der Waals surface area contributed by atoms with Gasteiger partial charge in [-0.15, -0.1) is 11.3 Å². The molecule has 1 amide bonds. The summed E-state index contributed by atoms with van der Waals surface area (Å²) in [4.78, 5) is 13.5. The molecule has 0 saturated carbocycles. The minimum atomic E-state index is 0.163. The number of thiophene rings is 1. The Labute approximate surface area is 155 Å². The molecule has 0 unspecified atom stereocenters. The monoisotopic (exact) mass is 362 g/mol. The Morgan fingerprint density at radius 1 is 1.32 bits per heavy atom. The molecule has 0 aliphatic heterocycles. The number of rotatable bonds is 6. The third-order valence-electron chi connectivity index (χ3n) is 4.36. The van der Waals surface area contributed by atoms with Crippen molar-refractivity contribution in [2.75, 3.05) is 18.9 Å². The number of amides is 1. The summed E-state index contributed by atoms with van der Waals surface area (Å²) in [6, 6.07) is 3.79. The fourth-order valence-corrected chi connectivity index (χ4v) is 4.27. The molecule has 3 rings (SSSR count). The maximum atomic E-state index is 12.0. The van der Waals surface area contributed by atoms with Crippen LogP contribution in [0.1, 0.15) is 54.4 Å². The lowest BCUT2D eigenvalue weighted by atomic mass is 9.94. The highest BCUT2D eigenvalue weighted by atomic mass is 32.1. The molecule has 2 heterocycles. The van der Waals surface area contributed by atoms with E-state index in [0.717, 1.165) is 31.6 Å². The van der Waals surface area contributed by atoms with Crippen molar-refractivity contribution in [3.63, 3.8) is 0 Å². The van der Waals surface area contributed by atoms with Crippen LogP contribution in [0.4, 0.5) is 5.00 Å². The van der Waals surface area contributed by atoms with Gasteiger partial charge in [0.25, 0.3) is 0 Å². The van der Waals surface area contributed by atoms with Gasteiger partial charge >= 0.3 is 0 Å². The average Bonchev–Trinajstić information content (AvgIpc) is 3.23. The first-order chi connectivity index (χ1) is 12.2. The van der Waals surface area contributed by atoms with Crippen molar-refractivity contribution in [3.8, 4) is 0 Å². The Morgan fingerprint density at radius 2 is 2.12 bits per heavy atom. The average molecular weight is 363 g/mol. The minimum absolute atomic E-state index is 0.163. The van der Waals surface area contributed by atoms with Gasteiger partial charge in [-0.3, -0.25) is 4.79 Å². The number of carbonyl (C=O) groups is 1. The first kappa shape index (κ1) is 19.6. The van der Waals surface area contributed by atoms with E-state index in [-0.39, 0.29) is 5.91 Å². The van der Waals surface area contributed by atoms with Crippen LogP contribution in [0.2, 0.25) is 0 Å². The fraction of sp³-hybridized carbons (Fsp3) is 0.550. The van der Waals surface area contributed by atoms with Gasteiger partial charge in [0.2, 0.25) is 5.91 Å². The van der Waals surface area contributed by atoms with Crippen LogP contribution < -0.4 is 10.6 Å². The van der Waals surface area contributed by atoms with E-state index < -0.39 is 0 Å². The number of hydrogen-bond donors (Lipinski definition) is 2. The van der Waals surface area contributed by atoms with Gasteiger partial charge in [0.15, 0.2) is 0 Å². The highest BCUT2D eigenvalue weighted by Crippen LogP contribution is 2.38. The van der Waals surface area contributed by atoms with Gasteiger partial charge in [-0.2, -0.15) is 0 Å². The van der Waals surface area contributed by atoms with Crippen molar-refractivity contribution in [2.45, 2.75) is 58.8 Å². The van der Waals surface area contributed by atoms with Gasteiger partial charge in [-0.05, 0) is 62.3 Å². The predicted octanol–water partition coefficient (Wildman–Crippen LogP) is 4.72. The molecule has 0 spiro atoms. The van der Waals surface area contributed by atoms with Crippen molar-refractivity contribution in [1.82, 2.24) is 5.32 Å². The Kier molecular flexibility index (Phi) is 8.06. The maximum absolute atomic E-state index is 12.0. The zero-order chi connectivity index (χ0) is 18.1. The quantitative estimate of drug-likeness (QED) is 0.731. The third kappa shape index (κ3) is 5.92. The van der Waals surface area contributed by atoms with Gasteiger partial charge < -0.3 is 15.1 Å². The molecule has 0 saturated heterocycles. The van der Waals surface area contributed by atoms with Crippen LogP contribution in [0.3, 0.4) is 0 Å². The molecule has 2 aromatic rings. The van der Waals surface area contributed by atoms with Crippen molar-refractivity contribution in [1.29, 1.82) is 0 Å². The summed E-state index contributed by atoms with van der Waals surface area (Å²) in [7, 11) is 1.95. The Bertz CT molecular complexity index is 647. The SMILES string of the molecule is CCCCNC(=O)Cc1c(NC)sc2c1CCCC2.Cc1ccco1. The maximum Gasteiger partial charge on any atom is 0.224 e. The number of carbonyl (C=O) groups excluding carboxylic acids is 1. The van der Waals surface area contributed by atoms with Crippen molar-refractivity contribution < 1.29 is 9.21 Å². The molecule has 0 aromatic carbocycles. The highest BCUT2D eigenvalue weighted by Gasteiger charge is 2.21. The summed E-state index contributed by atoms with van der Waals surface area (Å²) in [6.45, 7) is 4.86. The molecule has 0 radical (unpaired) electrons. The van der Waals surface area contributed by atoms with Crippen LogP contribution in [-0.4, -0.2) is 19.5 Å². The third-order valence-corrected chi connectivity index (χ3v) is 5.71. The van der Waals surface area contributed by atoms with Gasteiger partial charge in [-0.1, -0.05) is 13.3 Å². The van der Waals surface area contributed by atoms with Crippen LogP contribution in [0.15, 0.2) is 22.8 Å². The number of anilines is 1. The molecule has 0 atom stereocenters. The number of aryl methyl sites for hydroxylation is 2. The summed E-state index contributed by atoms with van der Waals surface area (Å²) in [5.41, 5.74) is 2.70. The first-order valence-electron chi connectivity index (χ1n) is 9.23. The molecular formula is C20H30N2O2S. The minimum Gasteiger partial charge on any atom is -0.470 e. The molecule has 2 N–H and O–H groups in total. The van der Waals surface area contributed by atoms with E-state index >= 15 is 0 Å². The first-order valence-corrected chi connectivity index (χ1v) is 10.0. The summed E-state index contributed by atoms with van der Waals surface area (Å²) in [5, 5.41) is 7.47. The molecule has 4 nitrogen and oxygen atoms in total. The van der Waals surface area contributed by atoms with E-state index in [4.69, 9.17) is 4.42 Å². The standard InChI is InChI=1S/C15H24N2OS.C5H6O/c1-3-4-9-17-14(18)10-12-11-7-5-6-8-13(11)19-15(12)16-2;1-5-3-2-4-6-5/h16H,3-10H2,1-2H3,(H,17,18);2-4H,1H3. The summed E-state index contributed by atoms with van der Waals surface area (Å²) in [6.07, 6.45) is 9.26. The molecule has 138 valence electrons. The van der Waals surface area contributed by atoms with E-state index in [2.05, 4.69) is 17.6 Å². The zero-order valence-corrected chi connectivity index (χ0v) is 16.4. The van der Waals surface area contributed by atoms with Gasteiger partial charge in [0.1, 0.15) is 5.76 Å². The van der Waals surface area contributed by atoms with E-state index in [9.17, 15) is 4.79 Å². The molecule has 5 heteroatoms. The molecule has 2 aromatic heterocycles. The van der Waals surface area contributed by atoms with E-state index in [1.54, 1.807) is 6.26 Å². The molecule has 0 bridgehead atoms. The molecule has 0 fully saturated rings. The Balaban J connectivity index is 0.000000316. The Hall–Kier alpha value is -1.75. The second-order valence-electron chi connectivity index (χ2n) is 6.37. The molecular weight excluding hydrogens is 332 g/mol. The number of nitrogens with one attached hydrogen (secondary N) is 2. The van der Waals surface area contributed by atoms with Gasteiger partial charge in [0.05, 0.1) is 17.7 Å². The predicted molar refractivity (Wildman–Crippen MR) is 106 cm³/mol. The van der Waals surface area contributed by atoms with Gasteiger partial charge in [-0.25, -0.2) is 0 Å². The van der Waals surface area contributed by atoms with Crippen LogP contribution in [0.25, 0.3) is 0 Å². The van der Waals surface area contributed by atoms with E-state index in [0.29, 0.717) is 6.42 Å². The van der Waals surface area contributed by atoms with Crippen molar-refractivity contribution in [3.05, 3.63) is 40.2 Å². The second kappa shape index (κ2) is 10.3. The number of fused-ring (bicyclic) bond motifs is 1. The van der Waals surface area contributed by atoms with E-state index in [1.807, 2.05) is 37.4 Å². The summed E-state index contributed by atoms with van der Waals surface area (Å²) >= 11 is 1.84. The second-order valence-corrected chi connectivity index (χ2v) is 7.48. The Morgan fingerprint density at radius 3 is 2.72 bits per heavy atom. The lowest BCUT2D eigenvalue weighted by Gasteiger charge is -2.13. The molecule has 1 aliphatic carbocycles. The van der Waals surface area contributed by atoms with Crippen molar-refractivity contribution in [2.24, 2.45) is 0 Å². The van der Waals surface area contributed by atoms with Crippen LogP contribution in [0, 0.1) is 6.92 Å². The zero-order valence-electron chi connectivity index (χ0n) is 15.6. The summed E-state index contributed by atoms with van der Waals surface area (Å²) in [5.74, 6) is 1.13. The van der Waals surface area contributed by atoms with Crippen LogP contribution in [0.5, 0.6) is 0 Å². The lowest BCUT2D eigenvalue weighted by molar-refractivity contribution is -0.120. The number of unbranched alkanes of at least 4 members (excludes halogenated alkanes) is 1. The van der Waals surface area contributed by atoms with Gasteiger partial charge in [0, 0.05) is 18.5 Å². The topological polar surface area (TPSA) is 54.3 Å². The van der Waals surface area contributed by atoms with E-state index in [1.165, 1.54) is 40.3 Å². The molecule has 1 aliphatic rings. The number of furan rings is 1. The largest absolute Gasteiger partial charge is 0.470 e. The lowest BCUT2D eigenvalue weighted by Crippen LogP contribution is -2.26. The smallest absolute Gasteiger partial charge is 0.224 e. The summed E-state index contributed by atoms with van der Waals surface area (Å²) < 4.78 is 4.83. The van der Waals surface area contributed by atoms with Crippen LogP contribution >= 0.6 is 11.3 Å². The number of hydrogen-bond acceptors (Lipinski definition) is 4. The normalized spacial score (nSPS) is 12.8. The van der Waals surface area contributed by atoms with Crippen molar-refractivity contribution >= 4 is 22.2 Å². The fourth-order valence-electron chi connectivity index (χ4n) is 3.01. The molecule has 25 heavy (non-hydrogen) atoms. The van der Waals surface area contributed by atoms with Crippen LogP contribution in [-0.2, 0) is 24.1 Å². The highest BCUT2D eigenvalue weighted by molar-refractivity contribution is 7.16.